The third-order valence-corrected chi connectivity index (χ3v) is 3.55. The minimum absolute atomic E-state index is 0.0740. The minimum Gasteiger partial charge on any atom is -0.263 e. The summed E-state index contributed by atoms with van der Waals surface area (Å²) in [6.45, 7) is 0. The number of pyridine rings is 1. The largest absolute Gasteiger partial charge is 0.270 e. The summed E-state index contributed by atoms with van der Waals surface area (Å²) in [6.07, 6.45) is 3.42. The molecule has 0 saturated carbocycles. The van der Waals surface area contributed by atoms with Crippen molar-refractivity contribution < 1.29 is 4.92 Å². The van der Waals surface area contributed by atoms with Gasteiger partial charge in [-0.3, -0.25) is 15.1 Å². The van der Waals surface area contributed by atoms with Crippen LogP contribution in [-0.2, 0) is 0 Å². The fourth-order valence-corrected chi connectivity index (χ4v) is 2.58. The van der Waals surface area contributed by atoms with Gasteiger partial charge in [0.15, 0.2) is 0 Å². The molecule has 18 heavy (non-hydrogen) atoms. The van der Waals surface area contributed by atoms with E-state index in [1.807, 2.05) is 12.1 Å². The fraction of sp³-hybridized carbons (Fsp3) is 0. The molecule has 2 aromatic heterocycles. The number of thiazole rings is 1. The van der Waals surface area contributed by atoms with E-state index < -0.39 is 4.92 Å². The second kappa shape index (κ2) is 4.15. The number of aromatic nitrogens is 2. The number of nitro benzene ring substituents is 1. The Morgan fingerprint density at radius 3 is 2.94 bits per heavy atom. The van der Waals surface area contributed by atoms with Crippen molar-refractivity contribution in [2.24, 2.45) is 0 Å². The van der Waals surface area contributed by atoms with Crippen LogP contribution in [0.1, 0.15) is 0 Å². The van der Waals surface area contributed by atoms with E-state index in [4.69, 9.17) is 0 Å². The maximum absolute atomic E-state index is 10.7. The maximum Gasteiger partial charge on any atom is 0.270 e. The summed E-state index contributed by atoms with van der Waals surface area (Å²) in [7, 11) is 0. The Hall–Kier alpha value is -2.34. The van der Waals surface area contributed by atoms with Crippen molar-refractivity contribution >= 4 is 27.2 Å². The number of benzene rings is 1. The Kier molecular flexibility index (Phi) is 2.49. The molecule has 0 fully saturated rings. The van der Waals surface area contributed by atoms with Crippen LogP contribution in [0.2, 0.25) is 0 Å². The van der Waals surface area contributed by atoms with Gasteiger partial charge in [0.25, 0.3) is 5.69 Å². The van der Waals surface area contributed by atoms with Crippen molar-refractivity contribution in [1.29, 1.82) is 0 Å². The molecule has 0 aliphatic rings. The molecule has 0 spiro atoms. The Bertz CT molecular complexity index is 706. The zero-order valence-electron chi connectivity index (χ0n) is 9.11. The van der Waals surface area contributed by atoms with Crippen molar-refractivity contribution in [3.63, 3.8) is 0 Å². The molecule has 0 aliphatic carbocycles. The molecule has 1 aromatic carbocycles. The molecule has 0 aliphatic heterocycles. The van der Waals surface area contributed by atoms with E-state index in [9.17, 15) is 10.1 Å². The van der Waals surface area contributed by atoms with E-state index in [2.05, 4.69) is 9.97 Å². The standard InChI is InChI=1S/C12H7N3O2S/c16-15(17)9-3-1-2-8(6-9)12-14-10-4-5-13-7-11(10)18-12/h1-7H. The van der Waals surface area contributed by atoms with Crippen LogP contribution in [-0.4, -0.2) is 14.9 Å². The lowest BCUT2D eigenvalue weighted by molar-refractivity contribution is -0.384. The van der Waals surface area contributed by atoms with Crippen molar-refractivity contribution in [3.8, 4) is 10.6 Å². The van der Waals surface area contributed by atoms with Gasteiger partial charge in [-0.25, -0.2) is 4.98 Å². The number of non-ortho nitro benzene ring substituents is 1. The molecule has 6 heteroatoms. The molecule has 0 N–H and O–H groups in total. The molecular formula is C12H7N3O2S. The first kappa shape index (κ1) is 10.8. The highest BCUT2D eigenvalue weighted by molar-refractivity contribution is 7.21. The van der Waals surface area contributed by atoms with Crippen LogP contribution in [0.5, 0.6) is 0 Å². The highest BCUT2D eigenvalue weighted by Crippen LogP contribution is 2.31. The number of fused-ring (bicyclic) bond motifs is 1. The zero-order valence-corrected chi connectivity index (χ0v) is 9.92. The Morgan fingerprint density at radius 2 is 2.17 bits per heavy atom. The molecule has 2 heterocycles. The average molecular weight is 257 g/mol. The lowest BCUT2D eigenvalue weighted by Gasteiger charge is -1.95. The number of hydrogen-bond acceptors (Lipinski definition) is 5. The molecule has 3 aromatic rings. The van der Waals surface area contributed by atoms with Gasteiger partial charge in [0.05, 0.1) is 15.1 Å². The van der Waals surface area contributed by atoms with Gasteiger partial charge in [-0.15, -0.1) is 11.3 Å². The van der Waals surface area contributed by atoms with Crippen molar-refractivity contribution in [2.75, 3.05) is 0 Å². The molecule has 0 atom stereocenters. The van der Waals surface area contributed by atoms with Gasteiger partial charge >= 0.3 is 0 Å². The minimum atomic E-state index is -0.404. The van der Waals surface area contributed by atoms with Crippen LogP contribution >= 0.6 is 11.3 Å². The predicted octanol–water partition coefficient (Wildman–Crippen LogP) is 3.27. The van der Waals surface area contributed by atoms with Gasteiger partial charge in [-0.2, -0.15) is 0 Å². The zero-order chi connectivity index (χ0) is 12.5. The molecule has 0 amide bonds. The van der Waals surface area contributed by atoms with E-state index >= 15 is 0 Å². The van der Waals surface area contributed by atoms with Gasteiger partial charge in [0.1, 0.15) is 5.01 Å². The molecule has 0 radical (unpaired) electrons. The smallest absolute Gasteiger partial charge is 0.263 e. The lowest BCUT2D eigenvalue weighted by atomic mass is 10.2. The van der Waals surface area contributed by atoms with Crippen molar-refractivity contribution in [1.82, 2.24) is 9.97 Å². The topological polar surface area (TPSA) is 68.9 Å². The van der Waals surface area contributed by atoms with E-state index in [1.54, 1.807) is 18.5 Å². The molecule has 5 nitrogen and oxygen atoms in total. The molecule has 3 rings (SSSR count). The van der Waals surface area contributed by atoms with Crippen LogP contribution in [0.25, 0.3) is 20.8 Å². The first-order chi connectivity index (χ1) is 8.74. The number of nitrogens with zero attached hydrogens (tertiary/aromatic N) is 3. The van der Waals surface area contributed by atoms with Gasteiger partial charge < -0.3 is 0 Å². The molecule has 0 unspecified atom stereocenters. The van der Waals surface area contributed by atoms with E-state index in [0.29, 0.717) is 0 Å². The van der Waals surface area contributed by atoms with Crippen LogP contribution in [0.4, 0.5) is 5.69 Å². The van der Waals surface area contributed by atoms with E-state index in [0.717, 1.165) is 20.8 Å². The van der Waals surface area contributed by atoms with E-state index in [-0.39, 0.29) is 5.69 Å². The van der Waals surface area contributed by atoms with Crippen LogP contribution < -0.4 is 0 Å². The highest BCUT2D eigenvalue weighted by Gasteiger charge is 2.10. The van der Waals surface area contributed by atoms with Gasteiger partial charge in [-0.05, 0) is 6.07 Å². The summed E-state index contributed by atoms with van der Waals surface area (Å²) in [5, 5.41) is 11.5. The Morgan fingerprint density at radius 1 is 1.28 bits per heavy atom. The summed E-state index contributed by atoms with van der Waals surface area (Å²) in [5.41, 5.74) is 1.69. The van der Waals surface area contributed by atoms with Gasteiger partial charge in [0.2, 0.25) is 0 Å². The SMILES string of the molecule is O=[N+]([O-])c1cccc(-c2nc3ccncc3s2)c1. The summed E-state index contributed by atoms with van der Waals surface area (Å²) >= 11 is 1.47. The van der Waals surface area contributed by atoms with E-state index in [1.165, 1.54) is 23.5 Å². The lowest BCUT2D eigenvalue weighted by Crippen LogP contribution is -1.87. The summed E-state index contributed by atoms with van der Waals surface area (Å²) in [4.78, 5) is 18.8. The second-order valence-corrected chi connectivity index (χ2v) is 4.70. The quantitative estimate of drug-likeness (QED) is 0.522. The predicted molar refractivity (Wildman–Crippen MR) is 69.5 cm³/mol. The monoisotopic (exact) mass is 257 g/mol. The molecule has 88 valence electrons. The third-order valence-electron chi connectivity index (χ3n) is 2.50. The van der Waals surface area contributed by atoms with Crippen LogP contribution in [0.3, 0.4) is 0 Å². The molecular weight excluding hydrogens is 250 g/mol. The summed E-state index contributed by atoms with van der Waals surface area (Å²) < 4.78 is 0.971. The second-order valence-electron chi connectivity index (χ2n) is 3.67. The van der Waals surface area contributed by atoms with Crippen molar-refractivity contribution in [3.05, 3.63) is 52.8 Å². The van der Waals surface area contributed by atoms with Crippen molar-refractivity contribution in [2.45, 2.75) is 0 Å². The molecule has 0 saturated heterocycles. The highest BCUT2D eigenvalue weighted by atomic mass is 32.1. The van der Waals surface area contributed by atoms with Gasteiger partial charge in [0, 0.05) is 30.1 Å². The summed E-state index contributed by atoms with van der Waals surface area (Å²) in [6, 6.07) is 8.31. The summed E-state index contributed by atoms with van der Waals surface area (Å²) in [5.74, 6) is 0. The first-order valence-corrected chi connectivity index (χ1v) is 6.01. The first-order valence-electron chi connectivity index (χ1n) is 5.19. The Labute approximate surface area is 106 Å². The number of nitro groups is 1. The maximum atomic E-state index is 10.7. The number of rotatable bonds is 2. The normalized spacial score (nSPS) is 10.7. The third kappa shape index (κ3) is 1.82. The van der Waals surface area contributed by atoms with Gasteiger partial charge in [-0.1, -0.05) is 12.1 Å². The van der Waals surface area contributed by atoms with Crippen LogP contribution in [0.15, 0.2) is 42.7 Å². The van der Waals surface area contributed by atoms with Crippen LogP contribution in [0, 0.1) is 10.1 Å². The molecule has 0 bridgehead atoms. The Balaban J connectivity index is 2.13. The number of hydrogen-bond donors (Lipinski definition) is 0. The fourth-order valence-electron chi connectivity index (χ4n) is 1.66. The average Bonchev–Trinajstić information content (AvgIpc) is 2.82.